The number of hydrogen-bond donors (Lipinski definition) is 1. The van der Waals surface area contributed by atoms with E-state index in [2.05, 4.69) is 9.97 Å². The average Bonchev–Trinajstić information content (AvgIpc) is 2.67. The number of nitrogens with two attached hydrogens (primary N) is 1. The van der Waals surface area contributed by atoms with Gasteiger partial charge in [0.25, 0.3) is 0 Å². The lowest BCUT2D eigenvalue weighted by Gasteiger charge is -2.12. The van der Waals surface area contributed by atoms with Crippen molar-refractivity contribution in [1.29, 1.82) is 0 Å². The monoisotopic (exact) mass is 447 g/mol. The number of halogens is 3. The van der Waals surface area contributed by atoms with Gasteiger partial charge in [-0.05, 0) is 48.0 Å². The Kier molecular flexibility index (Phi) is 5.00. The van der Waals surface area contributed by atoms with Gasteiger partial charge in [-0.2, -0.15) is 0 Å². The number of hydrogen-bond acceptors (Lipinski definition) is 4. The summed E-state index contributed by atoms with van der Waals surface area (Å²) in [5.74, 6) is -0.627. The van der Waals surface area contributed by atoms with Crippen molar-refractivity contribution in [2.75, 3.05) is 0 Å². The highest BCUT2D eigenvalue weighted by Gasteiger charge is 2.19. The van der Waals surface area contributed by atoms with Gasteiger partial charge < -0.3 is 0 Å². The van der Waals surface area contributed by atoms with E-state index >= 15 is 0 Å². The third kappa shape index (κ3) is 3.82. The fourth-order valence-corrected chi connectivity index (χ4v) is 4.19. The molecule has 2 N–H and O–H groups in total. The lowest BCUT2D eigenvalue weighted by Crippen LogP contribution is -2.13. The zero-order valence-corrected chi connectivity index (χ0v) is 16.9. The lowest BCUT2D eigenvalue weighted by molar-refractivity contribution is 0.597. The van der Waals surface area contributed by atoms with Gasteiger partial charge in [0, 0.05) is 34.5 Å². The fraction of sp³-hybridized carbons (Fsp3) is 0. The van der Waals surface area contributed by atoms with Crippen LogP contribution in [0, 0.1) is 5.82 Å². The molecule has 4 rings (SSSR count). The van der Waals surface area contributed by atoms with Crippen LogP contribution in [0.2, 0.25) is 10.2 Å². The molecule has 0 aliphatic carbocycles. The van der Waals surface area contributed by atoms with E-state index in [-0.39, 0.29) is 21.2 Å². The Morgan fingerprint density at radius 3 is 2.45 bits per heavy atom. The van der Waals surface area contributed by atoms with Crippen molar-refractivity contribution in [3.8, 4) is 22.3 Å². The highest BCUT2D eigenvalue weighted by atomic mass is 35.5. The second-order valence-corrected chi connectivity index (χ2v) is 8.57. The van der Waals surface area contributed by atoms with Crippen LogP contribution in [-0.2, 0) is 10.0 Å². The molecule has 4 aromatic rings. The smallest absolute Gasteiger partial charge is 0.238 e. The normalized spacial score (nSPS) is 11.7. The van der Waals surface area contributed by atoms with E-state index in [4.69, 9.17) is 28.3 Å². The van der Waals surface area contributed by atoms with Gasteiger partial charge in [-0.1, -0.05) is 29.3 Å². The van der Waals surface area contributed by atoms with E-state index in [1.54, 1.807) is 18.3 Å². The third-order valence-electron chi connectivity index (χ3n) is 4.40. The van der Waals surface area contributed by atoms with Gasteiger partial charge in [-0.25, -0.2) is 22.9 Å². The molecule has 0 fully saturated rings. The van der Waals surface area contributed by atoms with E-state index in [9.17, 15) is 12.8 Å². The fourth-order valence-electron chi connectivity index (χ4n) is 3.05. The Bertz CT molecular complexity index is 1380. The zero-order valence-electron chi connectivity index (χ0n) is 14.6. The molecule has 0 saturated carbocycles. The average molecular weight is 448 g/mol. The molecule has 29 heavy (non-hydrogen) atoms. The van der Waals surface area contributed by atoms with Crippen LogP contribution in [0.25, 0.3) is 33.2 Å². The standard InChI is InChI=1S/C20H12Cl2FN3O2S/c21-17-5-6-25-18-3-1-11(7-16(17)18)12-8-15(20(22)26-10-12)14-9-13(23)2-4-19(14)29(24,27)28/h1-10H,(H2,24,27,28). The summed E-state index contributed by atoms with van der Waals surface area (Å²) in [5.41, 5.74) is 2.39. The van der Waals surface area contributed by atoms with Crippen molar-refractivity contribution in [3.05, 3.63) is 76.9 Å². The van der Waals surface area contributed by atoms with E-state index in [0.29, 0.717) is 10.6 Å². The molecule has 0 bridgehead atoms. The van der Waals surface area contributed by atoms with Gasteiger partial charge in [0.2, 0.25) is 10.0 Å². The third-order valence-corrected chi connectivity index (χ3v) is 6.00. The predicted octanol–water partition coefficient (Wildman–Crippen LogP) is 5.06. The molecule has 0 saturated heterocycles. The number of benzene rings is 2. The maximum absolute atomic E-state index is 13.9. The van der Waals surface area contributed by atoms with Crippen LogP contribution < -0.4 is 5.14 Å². The van der Waals surface area contributed by atoms with Crippen LogP contribution in [0.4, 0.5) is 4.39 Å². The summed E-state index contributed by atoms with van der Waals surface area (Å²) >= 11 is 12.5. The van der Waals surface area contributed by atoms with Crippen LogP contribution in [0.5, 0.6) is 0 Å². The molecule has 0 atom stereocenters. The Labute approximate surface area is 176 Å². The van der Waals surface area contributed by atoms with E-state index in [1.807, 2.05) is 18.2 Å². The molecule has 9 heteroatoms. The second kappa shape index (κ2) is 7.35. The molecular weight excluding hydrogens is 436 g/mol. The van der Waals surface area contributed by atoms with Crippen molar-refractivity contribution in [2.45, 2.75) is 4.90 Å². The van der Waals surface area contributed by atoms with Gasteiger partial charge in [-0.15, -0.1) is 0 Å². The van der Waals surface area contributed by atoms with E-state index in [1.165, 1.54) is 6.20 Å². The van der Waals surface area contributed by atoms with Crippen LogP contribution in [0.15, 0.2) is 65.8 Å². The lowest BCUT2D eigenvalue weighted by atomic mass is 10.0. The van der Waals surface area contributed by atoms with E-state index < -0.39 is 15.8 Å². The number of primary sulfonamides is 1. The summed E-state index contributed by atoms with van der Waals surface area (Å²) in [6, 6.07) is 12.0. The van der Waals surface area contributed by atoms with Gasteiger partial charge >= 0.3 is 0 Å². The van der Waals surface area contributed by atoms with Gasteiger partial charge in [0.05, 0.1) is 15.4 Å². The zero-order chi connectivity index (χ0) is 20.8. The first-order valence-corrected chi connectivity index (χ1v) is 10.6. The maximum atomic E-state index is 13.9. The quantitative estimate of drug-likeness (QED) is 0.444. The minimum absolute atomic E-state index is 0.0183. The summed E-state index contributed by atoms with van der Waals surface area (Å²) in [6.45, 7) is 0. The van der Waals surface area contributed by atoms with Crippen LogP contribution in [0.3, 0.4) is 0 Å². The Morgan fingerprint density at radius 2 is 1.69 bits per heavy atom. The first-order valence-electron chi connectivity index (χ1n) is 8.27. The highest BCUT2D eigenvalue weighted by molar-refractivity contribution is 7.89. The van der Waals surface area contributed by atoms with Crippen LogP contribution in [0.1, 0.15) is 0 Å². The predicted molar refractivity (Wildman–Crippen MR) is 112 cm³/mol. The molecule has 2 aromatic heterocycles. The molecule has 5 nitrogen and oxygen atoms in total. The number of pyridine rings is 2. The molecule has 0 unspecified atom stereocenters. The molecule has 0 radical (unpaired) electrons. The molecule has 0 aliphatic heterocycles. The topological polar surface area (TPSA) is 85.9 Å². The van der Waals surface area contributed by atoms with E-state index in [0.717, 1.165) is 34.7 Å². The number of fused-ring (bicyclic) bond motifs is 1. The Hall–Kier alpha value is -2.58. The number of nitrogens with zero attached hydrogens (tertiary/aromatic N) is 2. The molecule has 0 aliphatic rings. The van der Waals surface area contributed by atoms with Gasteiger partial charge in [0.15, 0.2) is 0 Å². The van der Waals surface area contributed by atoms with Crippen LogP contribution in [-0.4, -0.2) is 18.4 Å². The number of aromatic nitrogens is 2. The summed E-state index contributed by atoms with van der Waals surface area (Å²) in [6.07, 6.45) is 3.15. The molecule has 146 valence electrons. The molecular formula is C20H12Cl2FN3O2S. The highest BCUT2D eigenvalue weighted by Crippen LogP contribution is 2.36. The molecule has 2 aromatic carbocycles. The summed E-state index contributed by atoms with van der Waals surface area (Å²) < 4.78 is 37.8. The summed E-state index contributed by atoms with van der Waals surface area (Å²) in [4.78, 5) is 8.16. The van der Waals surface area contributed by atoms with Gasteiger partial charge in [0.1, 0.15) is 11.0 Å². The van der Waals surface area contributed by atoms with Crippen molar-refractivity contribution < 1.29 is 12.8 Å². The summed E-state index contributed by atoms with van der Waals surface area (Å²) in [5, 5.41) is 6.60. The first-order chi connectivity index (χ1) is 13.7. The van der Waals surface area contributed by atoms with Gasteiger partial charge in [-0.3, -0.25) is 4.98 Å². The Balaban J connectivity index is 1.93. The van der Waals surface area contributed by atoms with Crippen molar-refractivity contribution >= 4 is 44.1 Å². The molecule has 0 spiro atoms. The van der Waals surface area contributed by atoms with Crippen LogP contribution >= 0.6 is 23.2 Å². The summed E-state index contributed by atoms with van der Waals surface area (Å²) in [7, 11) is -4.11. The number of sulfonamides is 1. The minimum atomic E-state index is -4.11. The SMILES string of the molecule is NS(=O)(=O)c1ccc(F)cc1-c1cc(-c2ccc3nccc(Cl)c3c2)cnc1Cl. The van der Waals surface area contributed by atoms with Crippen molar-refractivity contribution in [2.24, 2.45) is 5.14 Å². The maximum Gasteiger partial charge on any atom is 0.238 e. The van der Waals surface area contributed by atoms with Crippen molar-refractivity contribution in [3.63, 3.8) is 0 Å². The molecule has 0 amide bonds. The first kappa shape index (κ1) is 19.7. The number of rotatable bonds is 3. The second-order valence-electron chi connectivity index (χ2n) is 6.27. The largest absolute Gasteiger partial charge is 0.256 e. The Morgan fingerprint density at radius 1 is 0.897 bits per heavy atom. The minimum Gasteiger partial charge on any atom is -0.256 e. The molecule has 2 heterocycles. The van der Waals surface area contributed by atoms with Crippen molar-refractivity contribution in [1.82, 2.24) is 9.97 Å².